The summed E-state index contributed by atoms with van der Waals surface area (Å²) in [6, 6.07) is 3.15. The van der Waals surface area contributed by atoms with Gasteiger partial charge in [0.15, 0.2) is 9.84 Å². The highest BCUT2D eigenvalue weighted by atomic mass is 32.2. The number of aliphatic hydroxyl groups excluding tert-OH is 1. The lowest BCUT2D eigenvalue weighted by molar-refractivity contribution is -0.133. The molecule has 142 valence electrons. The largest absolute Gasteiger partial charge is 0.435 e. The van der Waals surface area contributed by atoms with Gasteiger partial charge in [0.1, 0.15) is 11.3 Å². The van der Waals surface area contributed by atoms with Gasteiger partial charge in [-0.2, -0.15) is 8.78 Å². The molecule has 0 radical (unpaired) electrons. The summed E-state index contributed by atoms with van der Waals surface area (Å²) in [5, 5.41) is 12.4. The zero-order valence-electron chi connectivity index (χ0n) is 13.6. The number of amides is 3. The van der Waals surface area contributed by atoms with E-state index in [1.165, 1.54) is 31.2 Å². The fraction of sp³-hybridized carbons (Fsp3) is 0.467. The van der Waals surface area contributed by atoms with Gasteiger partial charge in [-0.05, 0) is 24.6 Å². The molecule has 0 bridgehead atoms. The molecule has 0 aliphatic carbocycles. The third-order valence-electron chi connectivity index (χ3n) is 4.50. The van der Waals surface area contributed by atoms with Crippen LogP contribution in [-0.4, -0.2) is 60.6 Å². The minimum absolute atomic E-state index is 0.113. The van der Waals surface area contributed by atoms with E-state index in [4.69, 9.17) is 0 Å². The number of rotatable bonds is 4. The molecular formula is C15H16F2N2O6S. The van der Waals surface area contributed by atoms with Crippen molar-refractivity contribution in [1.82, 2.24) is 10.2 Å². The SMILES string of the molecule is C[C@@]1(c2ccc(OC(F)F)cc2)NC(=O)N([C@@H]2CS(=O)(=O)C[C@@H]2O)C1=O. The maximum Gasteiger partial charge on any atom is 0.387 e. The Morgan fingerprint density at radius 3 is 2.38 bits per heavy atom. The molecule has 2 N–H and O–H groups in total. The summed E-state index contributed by atoms with van der Waals surface area (Å²) in [7, 11) is -3.56. The first-order valence-electron chi connectivity index (χ1n) is 7.63. The topological polar surface area (TPSA) is 113 Å². The molecule has 1 aromatic rings. The second-order valence-corrected chi connectivity index (χ2v) is 8.50. The fourth-order valence-electron chi connectivity index (χ4n) is 3.18. The second kappa shape index (κ2) is 6.16. The van der Waals surface area contributed by atoms with Gasteiger partial charge in [0.05, 0.1) is 23.7 Å². The summed E-state index contributed by atoms with van der Waals surface area (Å²) in [6.45, 7) is -1.59. The van der Waals surface area contributed by atoms with Crippen LogP contribution in [0.1, 0.15) is 12.5 Å². The second-order valence-electron chi connectivity index (χ2n) is 6.34. The average molecular weight is 390 g/mol. The van der Waals surface area contributed by atoms with Crippen molar-refractivity contribution >= 4 is 21.8 Å². The molecule has 2 fully saturated rings. The molecular weight excluding hydrogens is 374 g/mol. The number of imide groups is 1. The molecule has 2 aliphatic rings. The van der Waals surface area contributed by atoms with Crippen LogP contribution in [0.2, 0.25) is 0 Å². The zero-order chi connectivity index (χ0) is 19.3. The van der Waals surface area contributed by atoms with Gasteiger partial charge in [-0.1, -0.05) is 12.1 Å². The number of nitrogens with one attached hydrogen (secondary N) is 1. The van der Waals surface area contributed by atoms with E-state index in [2.05, 4.69) is 10.1 Å². The van der Waals surface area contributed by atoms with Crippen LogP contribution in [-0.2, 0) is 20.2 Å². The first-order valence-corrected chi connectivity index (χ1v) is 9.45. The van der Waals surface area contributed by atoms with Crippen LogP contribution in [0, 0.1) is 0 Å². The van der Waals surface area contributed by atoms with E-state index in [0.717, 1.165) is 4.90 Å². The van der Waals surface area contributed by atoms with Gasteiger partial charge in [-0.15, -0.1) is 0 Å². The van der Waals surface area contributed by atoms with Crippen LogP contribution < -0.4 is 10.1 Å². The Hall–Kier alpha value is -2.27. The summed E-state index contributed by atoms with van der Waals surface area (Å²) in [5.41, 5.74) is -1.22. The molecule has 0 unspecified atom stereocenters. The Kier molecular flexibility index (Phi) is 4.39. The van der Waals surface area contributed by atoms with Crippen LogP contribution in [0.3, 0.4) is 0 Å². The maximum absolute atomic E-state index is 12.8. The van der Waals surface area contributed by atoms with Crippen LogP contribution >= 0.6 is 0 Å². The molecule has 2 saturated heterocycles. The molecule has 26 heavy (non-hydrogen) atoms. The fourth-order valence-corrected chi connectivity index (χ4v) is 4.95. The molecule has 0 spiro atoms. The summed E-state index contributed by atoms with van der Waals surface area (Å²) < 4.78 is 52.0. The van der Waals surface area contributed by atoms with Gasteiger partial charge >= 0.3 is 12.6 Å². The van der Waals surface area contributed by atoms with E-state index in [1.54, 1.807) is 0 Å². The first kappa shape index (κ1) is 18.5. The van der Waals surface area contributed by atoms with Crippen LogP contribution in [0.5, 0.6) is 5.75 Å². The Morgan fingerprint density at radius 2 is 1.88 bits per heavy atom. The smallest absolute Gasteiger partial charge is 0.387 e. The number of hydrogen-bond acceptors (Lipinski definition) is 6. The highest BCUT2D eigenvalue weighted by molar-refractivity contribution is 7.91. The summed E-state index contributed by atoms with van der Waals surface area (Å²) in [4.78, 5) is 25.8. The number of sulfone groups is 1. The Morgan fingerprint density at radius 1 is 1.27 bits per heavy atom. The molecule has 8 nitrogen and oxygen atoms in total. The number of halogens is 2. The molecule has 3 atom stereocenters. The Bertz CT molecular complexity index is 844. The van der Waals surface area contributed by atoms with Crippen LogP contribution in [0.4, 0.5) is 13.6 Å². The Labute approximate surface area is 147 Å². The van der Waals surface area contributed by atoms with E-state index in [0.29, 0.717) is 5.56 Å². The van der Waals surface area contributed by atoms with E-state index < -0.39 is 57.6 Å². The van der Waals surface area contributed by atoms with Crippen molar-refractivity contribution in [2.75, 3.05) is 11.5 Å². The number of urea groups is 1. The Balaban J connectivity index is 1.87. The highest BCUT2D eigenvalue weighted by Gasteiger charge is 2.55. The predicted molar refractivity (Wildman–Crippen MR) is 84.3 cm³/mol. The number of carbonyl (C=O) groups is 2. The lowest BCUT2D eigenvalue weighted by Gasteiger charge is -2.25. The minimum Gasteiger partial charge on any atom is -0.435 e. The van der Waals surface area contributed by atoms with Gasteiger partial charge in [0, 0.05) is 0 Å². The third-order valence-corrected chi connectivity index (χ3v) is 6.20. The van der Waals surface area contributed by atoms with E-state index in [1.807, 2.05) is 0 Å². The van der Waals surface area contributed by atoms with Crippen molar-refractivity contribution in [1.29, 1.82) is 0 Å². The monoisotopic (exact) mass is 390 g/mol. The summed E-state index contributed by atoms with van der Waals surface area (Å²) in [5.74, 6) is -1.88. The van der Waals surface area contributed by atoms with Crippen molar-refractivity contribution in [2.45, 2.75) is 31.2 Å². The highest BCUT2D eigenvalue weighted by Crippen LogP contribution is 2.33. The third kappa shape index (κ3) is 3.12. The van der Waals surface area contributed by atoms with Gasteiger partial charge in [-0.3, -0.25) is 9.69 Å². The maximum atomic E-state index is 12.8. The van der Waals surface area contributed by atoms with Crippen molar-refractivity contribution < 1.29 is 36.6 Å². The van der Waals surface area contributed by atoms with E-state index in [9.17, 15) is 31.9 Å². The number of nitrogens with zero attached hydrogens (tertiary/aromatic N) is 1. The molecule has 1 aromatic carbocycles. The van der Waals surface area contributed by atoms with Crippen LogP contribution in [0.15, 0.2) is 24.3 Å². The number of aliphatic hydroxyl groups is 1. The van der Waals surface area contributed by atoms with Crippen molar-refractivity contribution in [2.24, 2.45) is 0 Å². The van der Waals surface area contributed by atoms with E-state index >= 15 is 0 Å². The standard InChI is InChI=1S/C15H16F2N2O6S/c1-15(8-2-4-9(5-3-8)25-13(16)17)12(21)19(14(22)18-15)10-6-26(23,24)7-11(10)20/h2-5,10-11,13,20H,6-7H2,1H3,(H,18,22)/t10-,11+,15+/m1/s1. The number of carbonyl (C=O) groups excluding carboxylic acids is 2. The average Bonchev–Trinajstić information content (AvgIpc) is 2.92. The number of alkyl halides is 2. The minimum atomic E-state index is -3.56. The van der Waals surface area contributed by atoms with Gasteiger partial charge in [-0.25, -0.2) is 13.2 Å². The summed E-state index contributed by atoms with van der Waals surface area (Å²) in [6.07, 6.45) is -1.36. The molecule has 0 saturated carbocycles. The van der Waals surface area contributed by atoms with Gasteiger partial charge in [0.25, 0.3) is 5.91 Å². The predicted octanol–water partition coefficient (Wildman–Crippen LogP) is 0.213. The molecule has 3 rings (SSSR count). The van der Waals surface area contributed by atoms with E-state index in [-0.39, 0.29) is 5.75 Å². The lowest BCUT2D eigenvalue weighted by atomic mass is 9.91. The van der Waals surface area contributed by atoms with Crippen molar-refractivity contribution in [3.05, 3.63) is 29.8 Å². The summed E-state index contributed by atoms with van der Waals surface area (Å²) >= 11 is 0. The van der Waals surface area contributed by atoms with Gasteiger partial charge < -0.3 is 15.2 Å². The van der Waals surface area contributed by atoms with Crippen molar-refractivity contribution in [3.8, 4) is 5.75 Å². The zero-order valence-corrected chi connectivity index (χ0v) is 14.4. The van der Waals surface area contributed by atoms with Gasteiger partial charge in [0.2, 0.25) is 0 Å². The number of benzene rings is 1. The first-order chi connectivity index (χ1) is 12.0. The molecule has 11 heteroatoms. The normalized spacial score (nSPS) is 30.7. The quantitative estimate of drug-likeness (QED) is 0.711. The molecule has 2 heterocycles. The number of hydrogen-bond donors (Lipinski definition) is 2. The van der Waals surface area contributed by atoms with Crippen molar-refractivity contribution in [3.63, 3.8) is 0 Å². The lowest BCUT2D eigenvalue weighted by Crippen LogP contribution is -2.48. The van der Waals surface area contributed by atoms with Crippen LogP contribution in [0.25, 0.3) is 0 Å². The number of ether oxygens (including phenoxy) is 1. The molecule has 3 amide bonds. The molecule has 2 aliphatic heterocycles. The molecule has 0 aromatic heterocycles.